The van der Waals surface area contributed by atoms with Crippen molar-refractivity contribution < 1.29 is 14.7 Å². The van der Waals surface area contributed by atoms with Gasteiger partial charge in [-0.2, -0.15) is 0 Å². The Morgan fingerprint density at radius 1 is 1.35 bits per heavy atom. The van der Waals surface area contributed by atoms with Crippen molar-refractivity contribution in [1.82, 2.24) is 5.32 Å². The van der Waals surface area contributed by atoms with E-state index in [-0.39, 0.29) is 0 Å². The lowest BCUT2D eigenvalue weighted by Gasteiger charge is -2.27. The molecule has 110 valence electrons. The van der Waals surface area contributed by atoms with Crippen molar-refractivity contribution in [3.05, 3.63) is 27.7 Å². The highest BCUT2D eigenvalue weighted by atomic mass is 79.9. The molecule has 5 nitrogen and oxygen atoms in total. The summed E-state index contributed by atoms with van der Waals surface area (Å²) in [7, 11) is 0. The van der Waals surface area contributed by atoms with E-state index in [4.69, 9.17) is 16.7 Å². The molecular formula is C13H16BrClN2O3. The summed E-state index contributed by atoms with van der Waals surface area (Å²) in [5.74, 6) is -1.09. The first-order valence-corrected chi connectivity index (χ1v) is 7.04. The zero-order valence-electron chi connectivity index (χ0n) is 11.3. The standard InChI is InChI=1S/C13H16BrClN2O3/c1-13(2,3)10(11(18)19)17-12(20)16-8-6-4-5-7(15)9(8)14/h4-6,10H,1-3H3,(H,18,19)(H2,16,17,20)/t10-/m0/s1. The van der Waals surface area contributed by atoms with Crippen molar-refractivity contribution in [1.29, 1.82) is 0 Å². The van der Waals surface area contributed by atoms with Crippen molar-refractivity contribution in [2.24, 2.45) is 5.41 Å². The number of rotatable bonds is 3. The van der Waals surface area contributed by atoms with Crippen LogP contribution in [-0.2, 0) is 4.79 Å². The molecule has 7 heteroatoms. The van der Waals surface area contributed by atoms with Gasteiger partial charge in [-0.1, -0.05) is 38.4 Å². The summed E-state index contributed by atoms with van der Waals surface area (Å²) >= 11 is 9.17. The Labute approximate surface area is 130 Å². The van der Waals surface area contributed by atoms with Gasteiger partial charge in [-0.25, -0.2) is 9.59 Å². The average molecular weight is 364 g/mol. The van der Waals surface area contributed by atoms with Gasteiger partial charge in [0, 0.05) is 0 Å². The van der Waals surface area contributed by atoms with E-state index in [1.807, 2.05) is 0 Å². The Kier molecular flexibility index (Phi) is 5.42. The zero-order chi connectivity index (χ0) is 15.5. The van der Waals surface area contributed by atoms with Crippen LogP contribution < -0.4 is 10.6 Å². The van der Waals surface area contributed by atoms with Gasteiger partial charge in [0.25, 0.3) is 0 Å². The summed E-state index contributed by atoms with van der Waals surface area (Å²) in [5, 5.41) is 14.6. The molecule has 1 atom stereocenters. The third kappa shape index (κ3) is 4.38. The highest BCUT2D eigenvalue weighted by Crippen LogP contribution is 2.30. The van der Waals surface area contributed by atoms with E-state index >= 15 is 0 Å². The molecule has 0 aromatic heterocycles. The van der Waals surface area contributed by atoms with E-state index in [9.17, 15) is 9.59 Å². The Morgan fingerprint density at radius 3 is 2.45 bits per heavy atom. The third-order valence-corrected chi connectivity index (χ3v) is 3.99. The smallest absolute Gasteiger partial charge is 0.326 e. The average Bonchev–Trinajstić information content (AvgIpc) is 2.30. The second-order valence-electron chi connectivity index (χ2n) is 5.34. The number of halogens is 2. The van der Waals surface area contributed by atoms with Gasteiger partial charge in [0.1, 0.15) is 6.04 Å². The largest absolute Gasteiger partial charge is 0.480 e. The minimum absolute atomic E-state index is 0.452. The molecule has 2 amide bonds. The van der Waals surface area contributed by atoms with Crippen LogP contribution in [0.15, 0.2) is 22.7 Å². The van der Waals surface area contributed by atoms with Crippen LogP contribution in [0, 0.1) is 5.41 Å². The lowest BCUT2D eigenvalue weighted by Crippen LogP contribution is -2.50. The molecule has 0 heterocycles. The first-order valence-electron chi connectivity index (χ1n) is 5.87. The van der Waals surface area contributed by atoms with Crippen molar-refractivity contribution in [3.63, 3.8) is 0 Å². The fourth-order valence-electron chi connectivity index (χ4n) is 1.54. The SMILES string of the molecule is CC(C)(C)[C@@H](NC(=O)Nc1cccc(Cl)c1Br)C(=O)O. The van der Waals surface area contributed by atoms with Gasteiger partial charge in [-0.05, 0) is 33.5 Å². The molecule has 0 fully saturated rings. The molecule has 0 aliphatic heterocycles. The highest BCUT2D eigenvalue weighted by Gasteiger charge is 2.32. The molecule has 1 aromatic carbocycles. The monoisotopic (exact) mass is 362 g/mol. The summed E-state index contributed by atoms with van der Waals surface area (Å²) in [4.78, 5) is 23.1. The number of aliphatic carboxylic acids is 1. The van der Waals surface area contributed by atoms with Crippen LogP contribution in [0.5, 0.6) is 0 Å². The summed E-state index contributed by atoms with van der Waals surface area (Å²) in [5.41, 5.74) is -0.137. The molecule has 0 saturated carbocycles. The number of anilines is 1. The summed E-state index contributed by atoms with van der Waals surface area (Å²) in [6.45, 7) is 5.21. The quantitative estimate of drug-likeness (QED) is 0.766. The predicted octanol–water partition coefficient (Wildman–Crippen LogP) is 3.72. The van der Waals surface area contributed by atoms with Gasteiger partial charge in [-0.3, -0.25) is 0 Å². The van der Waals surface area contributed by atoms with E-state index in [2.05, 4.69) is 26.6 Å². The molecule has 0 radical (unpaired) electrons. The molecular weight excluding hydrogens is 348 g/mol. The van der Waals surface area contributed by atoms with Gasteiger partial charge >= 0.3 is 12.0 Å². The van der Waals surface area contributed by atoms with Gasteiger partial charge in [-0.15, -0.1) is 0 Å². The number of carboxylic acids is 1. The van der Waals surface area contributed by atoms with E-state index in [1.165, 1.54) is 0 Å². The molecule has 20 heavy (non-hydrogen) atoms. The van der Waals surface area contributed by atoms with Crippen LogP contribution >= 0.6 is 27.5 Å². The second kappa shape index (κ2) is 6.45. The predicted molar refractivity (Wildman–Crippen MR) is 82.2 cm³/mol. The molecule has 3 N–H and O–H groups in total. The number of nitrogens with one attached hydrogen (secondary N) is 2. The Balaban J connectivity index is 2.82. The lowest BCUT2D eigenvalue weighted by molar-refractivity contribution is -0.141. The van der Waals surface area contributed by atoms with Crippen molar-refractivity contribution in [2.45, 2.75) is 26.8 Å². The minimum atomic E-state index is -1.09. The van der Waals surface area contributed by atoms with Crippen LogP contribution in [0.25, 0.3) is 0 Å². The van der Waals surface area contributed by atoms with Gasteiger partial charge in [0.2, 0.25) is 0 Å². The first kappa shape index (κ1) is 16.8. The molecule has 0 saturated heterocycles. The molecule has 0 aliphatic rings. The summed E-state index contributed by atoms with van der Waals surface area (Å²) < 4.78 is 0.541. The maximum atomic E-state index is 11.9. The molecule has 0 spiro atoms. The van der Waals surface area contributed by atoms with Gasteiger partial charge in [0.05, 0.1) is 15.2 Å². The van der Waals surface area contributed by atoms with Crippen molar-refractivity contribution in [3.8, 4) is 0 Å². The molecule has 0 aliphatic carbocycles. The number of hydrogen-bond donors (Lipinski definition) is 3. The Hall–Kier alpha value is -1.27. The number of carbonyl (C=O) groups excluding carboxylic acids is 1. The second-order valence-corrected chi connectivity index (χ2v) is 6.54. The van der Waals surface area contributed by atoms with Crippen LogP contribution in [0.4, 0.5) is 10.5 Å². The van der Waals surface area contributed by atoms with E-state index in [1.54, 1.807) is 39.0 Å². The number of amides is 2. The highest BCUT2D eigenvalue weighted by molar-refractivity contribution is 9.10. The summed E-state index contributed by atoms with van der Waals surface area (Å²) in [6, 6.07) is 3.41. The normalized spacial score (nSPS) is 12.7. The van der Waals surface area contributed by atoms with E-state index in [0.29, 0.717) is 15.2 Å². The van der Waals surface area contributed by atoms with E-state index in [0.717, 1.165) is 0 Å². The zero-order valence-corrected chi connectivity index (χ0v) is 13.7. The molecule has 0 unspecified atom stereocenters. The maximum Gasteiger partial charge on any atom is 0.326 e. The molecule has 1 rings (SSSR count). The number of hydrogen-bond acceptors (Lipinski definition) is 2. The van der Waals surface area contributed by atoms with Crippen LogP contribution in [-0.4, -0.2) is 23.1 Å². The molecule has 1 aromatic rings. The number of urea groups is 1. The van der Waals surface area contributed by atoms with E-state index < -0.39 is 23.5 Å². The fraction of sp³-hybridized carbons (Fsp3) is 0.385. The fourth-order valence-corrected chi connectivity index (χ4v) is 2.08. The van der Waals surface area contributed by atoms with Crippen LogP contribution in [0.3, 0.4) is 0 Å². The first-order chi connectivity index (χ1) is 9.12. The van der Waals surface area contributed by atoms with Crippen molar-refractivity contribution >= 4 is 45.2 Å². The number of benzene rings is 1. The van der Waals surface area contributed by atoms with Crippen LogP contribution in [0.2, 0.25) is 5.02 Å². The van der Waals surface area contributed by atoms with Crippen molar-refractivity contribution in [2.75, 3.05) is 5.32 Å². The summed E-state index contributed by atoms with van der Waals surface area (Å²) in [6.07, 6.45) is 0. The topological polar surface area (TPSA) is 78.4 Å². The third-order valence-electron chi connectivity index (χ3n) is 2.59. The minimum Gasteiger partial charge on any atom is -0.480 e. The number of carbonyl (C=O) groups is 2. The van der Waals surface area contributed by atoms with Gasteiger partial charge < -0.3 is 15.7 Å². The molecule has 0 bridgehead atoms. The Morgan fingerprint density at radius 2 is 1.95 bits per heavy atom. The maximum absolute atomic E-state index is 11.9. The van der Waals surface area contributed by atoms with Gasteiger partial charge in [0.15, 0.2) is 0 Å². The Bertz CT molecular complexity index is 529. The lowest BCUT2D eigenvalue weighted by atomic mass is 9.87. The number of carboxylic acid groups (broad SMARTS) is 1. The van der Waals surface area contributed by atoms with Crippen LogP contribution in [0.1, 0.15) is 20.8 Å².